The number of imidazole rings is 1. The van der Waals surface area contributed by atoms with E-state index >= 15 is 0 Å². The third-order valence-corrected chi connectivity index (χ3v) is 5.08. The number of carbonyl (C=O) groups excluding carboxylic acids is 1. The average Bonchev–Trinajstić information content (AvgIpc) is 3.46. The molecule has 1 aromatic carbocycles. The fourth-order valence-corrected chi connectivity index (χ4v) is 3.69. The van der Waals surface area contributed by atoms with Crippen LogP contribution in [0.5, 0.6) is 0 Å². The van der Waals surface area contributed by atoms with Gasteiger partial charge in [0, 0.05) is 11.6 Å². The van der Waals surface area contributed by atoms with E-state index in [4.69, 9.17) is 0 Å². The SMILES string of the molecule is O=C(N[C@H]1CCc2cc(-c3noc(=O)[nH]3)ccc21)c1cc(C(=O)O)n2cncc2n1. The first kappa shape index (κ1) is 17.8. The number of fused-ring (bicyclic) bond motifs is 2. The molecule has 30 heavy (non-hydrogen) atoms. The summed E-state index contributed by atoms with van der Waals surface area (Å²) in [4.78, 5) is 46.0. The summed E-state index contributed by atoms with van der Waals surface area (Å²) in [6.07, 6.45) is 4.14. The zero-order valence-corrected chi connectivity index (χ0v) is 15.3. The van der Waals surface area contributed by atoms with Crippen molar-refractivity contribution in [2.75, 3.05) is 0 Å². The van der Waals surface area contributed by atoms with Gasteiger partial charge < -0.3 is 10.4 Å². The van der Waals surface area contributed by atoms with Crippen LogP contribution in [0.2, 0.25) is 0 Å². The van der Waals surface area contributed by atoms with Crippen LogP contribution in [-0.2, 0) is 6.42 Å². The second-order valence-corrected chi connectivity index (χ2v) is 6.88. The van der Waals surface area contributed by atoms with Gasteiger partial charge in [0.25, 0.3) is 5.91 Å². The van der Waals surface area contributed by atoms with E-state index in [1.807, 2.05) is 12.1 Å². The predicted octanol–water partition coefficient (Wildman–Crippen LogP) is 1.19. The molecule has 0 saturated carbocycles. The minimum Gasteiger partial charge on any atom is -0.477 e. The molecule has 11 heteroatoms. The molecule has 0 saturated heterocycles. The number of nitrogens with zero attached hydrogens (tertiary/aromatic N) is 4. The molecule has 1 aliphatic carbocycles. The maximum Gasteiger partial charge on any atom is 0.439 e. The third-order valence-electron chi connectivity index (χ3n) is 5.08. The van der Waals surface area contributed by atoms with Gasteiger partial charge in [-0.1, -0.05) is 17.3 Å². The van der Waals surface area contributed by atoms with Crippen LogP contribution in [0.3, 0.4) is 0 Å². The van der Waals surface area contributed by atoms with Gasteiger partial charge in [0.15, 0.2) is 11.5 Å². The number of H-pyrrole nitrogens is 1. The number of rotatable bonds is 4. The zero-order valence-electron chi connectivity index (χ0n) is 15.3. The van der Waals surface area contributed by atoms with E-state index in [2.05, 4.69) is 29.9 Å². The first-order valence-corrected chi connectivity index (χ1v) is 9.06. The van der Waals surface area contributed by atoms with Crippen LogP contribution in [0.25, 0.3) is 17.0 Å². The molecular formula is C19H14N6O5. The molecule has 1 aliphatic rings. The van der Waals surface area contributed by atoms with E-state index in [0.717, 1.165) is 17.5 Å². The lowest BCUT2D eigenvalue weighted by Crippen LogP contribution is -2.28. The van der Waals surface area contributed by atoms with Gasteiger partial charge in [-0.2, -0.15) is 0 Å². The van der Waals surface area contributed by atoms with Crippen LogP contribution in [0.15, 0.2) is 46.1 Å². The molecule has 0 spiro atoms. The number of carboxylic acids is 1. The van der Waals surface area contributed by atoms with Crippen molar-refractivity contribution in [3.63, 3.8) is 0 Å². The van der Waals surface area contributed by atoms with Gasteiger partial charge in [-0.05, 0) is 30.0 Å². The second-order valence-electron chi connectivity index (χ2n) is 6.88. The number of aromatic carboxylic acids is 1. The molecule has 0 bridgehead atoms. The van der Waals surface area contributed by atoms with Crippen LogP contribution in [0.4, 0.5) is 0 Å². The van der Waals surface area contributed by atoms with Gasteiger partial charge in [-0.3, -0.25) is 18.7 Å². The van der Waals surface area contributed by atoms with E-state index < -0.39 is 17.6 Å². The molecule has 0 radical (unpaired) electrons. The van der Waals surface area contributed by atoms with Gasteiger partial charge in [-0.15, -0.1) is 0 Å². The third kappa shape index (κ3) is 2.92. The van der Waals surface area contributed by atoms with Crippen molar-refractivity contribution in [2.45, 2.75) is 18.9 Å². The number of carbonyl (C=O) groups is 2. The van der Waals surface area contributed by atoms with E-state index in [-0.39, 0.29) is 23.1 Å². The molecule has 3 N–H and O–H groups in total. The average molecular weight is 406 g/mol. The number of amides is 1. The maximum atomic E-state index is 12.8. The molecule has 0 unspecified atom stereocenters. The summed E-state index contributed by atoms with van der Waals surface area (Å²) < 4.78 is 5.84. The monoisotopic (exact) mass is 406 g/mol. The molecule has 150 valence electrons. The van der Waals surface area contributed by atoms with E-state index in [0.29, 0.717) is 17.8 Å². The van der Waals surface area contributed by atoms with Crippen LogP contribution in [-0.4, -0.2) is 41.5 Å². The first-order valence-electron chi connectivity index (χ1n) is 9.06. The van der Waals surface area contributed by atoms with E-state index in [1.54, 1.807) is 6.07 Å². The highest BCUT2D eigenvalue weighted by Crippen LogP contribution is 2.33. The van der Waals surface area contributed by atoms with Crippen LogP contribution < -0.4 is 11.1 Å². The largest absolute Gasteiger partial charge is 0.477 e. The Morgan fingerprint density at radius 2 is 2.17 bits per heavy atom. The van der Waals surface area contributed by atoms with E-state index in [9.17, 15) is 19.5 Å². The zero-order chi connectivity index (χ0) is 20.8. The summed E-state index contributed by atoms with van der Waals surface area (Å²) in [5, 5.41) is 16.0. The highest BCUT2D eigenvalue weighted by Gasteiger charge is 2.26. The highest BCUT2D eigenvalue weighted by atomic mass is 16.5. The Labute approximate surface area is 167 Å². The predicted molar refractivity (Wildman–Crippen MR) is 101 cm³/mol. The Morgan fingerprint density at radius 3 is 2.93 bits per heavy atom. The molecule has 0 aliphatic heterocycles. The Bertz CT molecular complexity index is 1370. The van der Waals surface area contributed by atoms with Gasteiger partial charge in [0.2, 0.25) is 0 Å². The van der Waals surface area contributed by atoms with Crippen molar-refractivity contribution in [1.29, 1.82) is 0 Å². The molecule has 3 heterocycles. The van der Waals surface area contributed by atoms with Crippen LogP contribution in [0, 0.1) is 0 Å². The lowest BCUT2D eigenvalue weighted by molar-refractivity contribution is 0.0688. The lowest BCUT2D eigenvalue weighted by atomic mass is 10.0. The number of hydrogen-bond donors (Lipinski definition) is 3. The smallest absolute Gasteiger partial charge is 0.439 e. The molecule has 11 nitrogen and oxygen atoms in total. The number of aromatic nitrogens is 5. The van der Waals surface area contributed by atoms with Crippen LogP contribution >= 0.6 is 0 Å². The van der Waals surface area contributed by atoms with Crippen molar-refractivity contribution in [2.24, 2.45) is 0 Å². The number of carboxylic acid groups (broad SMARTS) is 1. The Kier molecular flexibility index (Phi) is 3.95. The van der Waals surface area contributed by atoms with Crippen molar-refractivity contribution >= 4 is 17.5 Å². The normalized spacial score (nSPS) is 15.3. The second kappa shape index (κ2) is 6.65. The molecule has 1 amide bonds. The molecule has 5 rings (SSSR count). The summed E-state index contributed by atoms with van der Waals surface area (Å²) in [6, 6.07) is 6.54. The summed E-state index contributed by atoms with van der Waals surface area (Å²) in [5.41, 5.74) is 2.86. The molecule has 3 aromatic heterocycles. The first-order chi connectivity index (χ1) is 14.5. The fraction of sp³-hybridized carbons (Fsp3) is 0.158. The maximum absolute atomic E-state index is 12.8. The number of hydrogen-bond acceptors (Lipinski definition) is 7. The Balaban J connectivity index is 1.41. The van der Waals surface area contributed by atoms with Gasteiger partial charge in [-0.25, -0.2) is 19.6 Å². The van der Waals surface area contributed by atoms with Crippen molar-refractivity contribution in [3.05, 3.63) is 69.9 Å². The standard InChI is InChI=1S/C19H14N6O5/c26-17(13-6-14(18(27)28)25-8-20-7-15(25)21-13)22-12-4-2-9-5-10(1-3-11(9)12)16-23-19(29)30-24-16/h1,3,5-8,12H,2,4H2,(H,22,26)(H,27,28)(H,23,24,29)/t12-/m0/s1. The quantitative estimate of drug-likeness (QED) is 0.456. The number of aryl methyl sites for hydroxylation is 1. The molecule has 4 aromatic rings. The van der Waals surface area contributed by atoms with Crippen molar-refractivity contribution in [3.8, 4) is 11.4 Å². The van der Waals surface area contributed by atoms with Gasteiger partial charge >= 0.3 is 11.7 Å². The summed E-state index contributed by atoms with van der Waals surface area (Å²) >= 11 is 0. The molecule has 1 atom stereocenters. The van der Waals surface area contributed by atoms with Gasteiger partial charge in [0.05, 0.1) is 12.2 Å². The summed E-state index contributed by atoms with van der Waals surface area (Å²) in [6.45, 7) is 0. The Morgan fingerprint density at radius 1 is 1.30 bits per heavy atom. The lowest BCUT2D eigenvalue weighted by Gasteiger charge is -2.14. The minimum atomic E-state index is -1.18. The molecular weight excluding hydrogens is 392 g/mol. The summed E-state index contributed by atoms with van der Waals surface area (Å²) in [5.74, 6) is -1.93. The molecule has 0 fully saturated rings. The van der Waals surface area contributed by atoms with Crippen molar-refractivity contribution in [1.82, 2.24) is 29.8 Å². The van der Waals surface area contributed by atoms with Crippen LogP contribution in [0.1, 0.15) is 44.6 Å². The van der Waals surface area contributed by atoms with Crippen molar-refractivity contribution < 1.29 is 19.2 Å². The topological polar surface area (TPSA) is 155 Å². The fourth-order valence-electron chi connectivity index (χ4n) is 3.69. The van der Waals surface area contributed by atoms with E-state index in [1.165, 1.54) is 23.0 Å². The highest BCUT2D eigenvalue weighted by molar-refractivity contribution is 5.96. The summed E-state index contributed by atoms with van der Waals surface area (Å²) in [7, 11) is 0. The minimum absolute atomic E-state index is 0.00522. The van der Waals surface area contributed by atoms with Gasteiger partial charge in [0.1, 0.15) is 17.7 Å². The number of benzene rings is 1. The number of nitrogens with one attached hydrogen (secondary N) is 2. The number of aromatic amines is 1. The Hall–Kier alpha value is -4.28.